The number of nitrogens with zero attached hydrogens (tertiary/aromatic N) is 3. The molecule has 1 unspecified atom stereocenters. The minimum Gasteiger partial charge on any atom is -0.370 e. The van der Waals surface area contributed by atoms with Crippen LogP contribution in [0.15, 0.2) is 12.1 Å². The van der Waals surface area contributed by atoms with Crippen LogP contribution in [0.3, 0.4) is 0 Å². The highest BCUT2D eigenvalue weighted by atomic mass is 35.5. The van der Waals surface area contributed by atoms with Crippen LogP contribution in [0.5, 0.6) is 0 Å². The van der Waals surface area contributed by atoms with Crippen LogP contribution < -0.4 is 5.32 Å². The zero-order valence-corrected chi connectivity index (χ0v) is 13.1. The Morgan fingerprint density at radius 1 is 1.43 bits per heavy atom. The third kappa shape index (κ3) is 3.14. The van der Waals surface area contributed by atoms with E-state index in [0.717, 1.165) is 50.7 Å². The number of nitrogens with one attached hydrogen (secondary N) is 1. The predicted octanol–water partition coefficient (Wildman–Crippen LogP) is 1.97. The fraction of sp³-hybridized carbons (Fsp3) is 0.600. The summed E-state index contributed by atoms with van der Waals surface area (Å²) < 4.78 is 0. The Balaban J connectivity index is 1.67. The zero-order valence-electron chi connectivity index (χ0n) is 12.3. The summed E-state index contributed by atoms with van der Waals surface area (Å²) in [4.78, 5) is 20.7. The molecule has 5 nitrogen and oxygen atoms in total. The standard InChI is InChI=1S/C15H21ClN4O/c1-2-17-14-5-4-12(16)13(18-14)10-19-7-8-20-11(9-19)3-6-15(20)21/h4-5,11H,2-3,6-10H2,1H3,(H,17,18). The lowest BCUT2D eigenvalue weighted by atomic mass is 10.1. The first-order valence-corrected chi connectivity index (χ1v) is 7.96. The van der Waals surface area contributed by atoms with E-state index in [0.29, 0.717) is 23.4 Å². The molecule has 1 atom stereocenters. The van der Waals surface area contributed by atoms with Gasteiger partial charge in [0.15, 0.2) is 0 Å². The van der Waals surface area contributed by atoms with Crippen LogP contribution in [0.25, 0.3) is 0 Å². The molecule has 6 heteroatoms. The van der Waals surface area contributed by atoms with Crippen molar-refractivity contribution in [2.75, 3.05) is 31.5 Å². The van der Waals surface area contributed by atoms with Crippen LogP contribution in [0, 0.1) is 0 Å². The fourth-order valence-electron chi connectivity index (χ4n) is 3.16. The molecule has 114 valence electrons. The molecule has 0 saturated carbocycles. The number of amides is 1. The van der Waals surface area contributed by atoms with Gasteiger partial charge < -0.3 is 10.2 Å². The van der Waals surface area contributed by atoms with Crippen molar-refractivity contribution in [3.63, 3.8) is 0 Å². The highest BCUT2D eigenvalue weighted by Crippen LogP contribution is 2.25. The van der Waals surface area contributed by atoms with Gasteiger partial charge >= 0.3 is 0 Å². The Hall–Kier alpha value is -1.33. The number of rotatable bonds is 4. The summed E-state index contributed by atoms with van der Waals surface area (Å²) in [6.45, 7) is 6.29. The van der Waals surface area contributed by atoms with E-state index < -0.39 is 0 Å². The van der Waals surface area contributed by atoms with Crippen LogP contribution >= 0.6 is 11.6 Å². The van der Waals surface area contributed by atoms with E-state index in [1.54, 1.807) is 0 Å². The zero-order chi connectivity index (χ0) is 14.8. The molecule has 1 N–H and O–H groups in total. The van der Waals surface area contributed by atoms with Crippen molar-refractivity contribution >= 4 is 23.3 Å². The molecule has 0 aromatic carbocycles. The molecule has 2 aliphatic heterocycles. The highest BCUT2D eigenvalue weighted by Gasteiger charge is 2.35. The molecule has 0 spiro atoms. The minimum atomic E-state index is 0.310. The number of hydrogen-bond donors (Lipinski definition) is 1. The number of pyridine rings is 1. The lowest BCUT2D eigenvalue weighted by molar-refractivity contribution is -0.130. The van der Waals surface area contributed by atoms with Gasteiger partial charge in [-0.1, -0.05) is 11.6 Å². The number of carbonyl (C=O) groups excluding carboxylic acids is 1. The molecular formula is C15H21ClN4O. The van der Waals surface area contributed by atoms with Gasteiger partial charge in [-0.25, -0.2) is 4.98 Å². The maximum atomic E-state index is 11.7. The molecule has 3 rings (SSSR count). The van der Waals surface area contributed by atoms with Gasteiger partial charge in [-0.2, -0.15) is 0 Å². The molecule has 1 aromatic rings. The maximum Gasteiger partial charge on any atom is 0.222 e. The molecule has 2 saturated heterocycles. The molecule has 2 aliphatic rings. The Morgan fingerprint density at radius 2 is 2.29 bits per heavy atom. The van der Waals surface area contributed by atoms with Gasteiger partial charge in [0.25, 0.3) is 0 Å². The van der Waals surface area contributed by atoms with Crippen molar-refractivity contribution < 1.29 is 4.79 Å². The SMILES string of the molecule is CCNc1ccc(Cl)c(CN2CCN3C(=O)CCC3C2)n1. The van der Waals surface area contributed by atoms with E-state index in [-0.39, 0.29) is 0 Å². The molecule has 0 radical (unpaired) electrons. The van der Waals surface area contributed by atoms with Gasteiger partial charge in [-0.15, -0.1) is 0 Å². The van der Waals surface area contributed by atoms with E-state index in [9.17, 15) is 4.79 Å². The Kier molecular flexibility index (Phi) is 4.31. The van der Waals surface area contributed by atoms with Crippen LogP contribution in [-0.4, -0.2) is 52.9 Å². The van der Waals surface area contributed by atoms with Crippen molar-refractivity contribution in [3.8, 4) is 0 Å². The number of fused-ring (bicyclic) bond motifs is 1. The maximum absolute atomic E-state index is 11.7. The van der Waals surface area contributed by atoms with Gasteiger partial charge in [0.05, 0.1) is 10.7 Å². The number of carbonyl (C=O) groups is 1. The van der Waals surface area contributed by atoms with Crippen molar-refractivity contribution in [3.05, 3.63) is 22.8 Å². The topological polar surface area (TPSA) is 48.5 Å². The quantitative estimate of drug-likeness (QED) is 0.924. The average molecular weight is 309 g/mol. The second kappa shape index (κ2) is 6.20. The largest absolute Gasteiger partial charge is 0.370 e. The molecule has 0 aliphatic carbocycles. The summed E-state index contributed by atoms with van der Waals surface area (Å²) >= 11 is 6.27. The third-order valence-electron chi connectivity index (χ3n) is 4.23. The molecule has 1 aromatic heterocycles. The van der Waals surface area contributed by atoms with Crippen molar-refractivity contribution in [1.29, 1.82) is 0 Å². The monoisotopic (exact) mass is 308 g/mol. The van der Waals surface area contributed by atoms with E-state index in [1.807, 2.05) is 24.0 Å². The normalized spacial score (nSPS) is 22.5. The average Bonchev–Trinajstić information content (AvgIpc) is 2.84. The number of halogens is 1. The van der Waals surface area contributed by atoms with Gasteiger partial charge in [-0.3, -0.25) is 9.69 Å². The van der Waals surface area contributed by atoms with Crippen LogP contribution in [0.4, 0.5) is 5.82 Å². The molecule has 2 fully saturated rings. The summed E-state index contributed by atoms with van der Waals surface area (Å²) in [6.07, 6.45) is 1.68. The summed E-state index contributed by atoms with van der Waals surface area (Å²) in [6, 6.07) is 4.18. The Bertz CT molecular complexity index is 536. The smallest absolute Gasteiger partial charge is 0.222 e. The minimum absolute atomic E-state index is 0.310. The van der Waals surface area contributed by atoms with Crippen molar-refractivity contribution in [2.45, 2.75) is 32.4 Å². The first kappa shape index (κ1) is 14.6. The van der Waals surface area contributed by atoms with Crippen LogP contribution in [0.2, 0.25) is 5.02 Å². The summed E-state index contributed by atoms with van der Waals surface area (Å²) in [5.41, 5.74) is 0.910. The molecule has 0 bridgehead atoms. The van der Waals surface area contributed by atoms with Gasteiger partial charge in [0.1, 0.15) is 5.82 Å². The summed E-state index contributed by atoms with van der Waals surface area (Å²) in [5, 5.41) is 3.92. The number of aromatic nitrogens is 1. The molecule has 1 amide bonds. The van der Waals surface area contributed by atoms with Crippen molar-refractivity contribution in [1.82, 2.24) is 14.8 Å². The van der Waals surface area contributed by atoms with Gasteiger partial charge in [0.2, 0.25) is 5.91 Å². The van der Waals surface area contributed by atoms with Gasteiger partial charge in [-0.05, 0) is 25.5 Å². The lowest BCUT2D eigenvalue weighted by Crippen LogP contribution is -2.51. The van der Waals surface area contributed by atoms with E-state index in [1.165, 1.54) is 0 Å². The van der Waals surface area contributed by atoms with Crippen molar-refractivity contribution in [2.24, 2.45) is 0 Å². The predicted molar refractivity (Wildman–Crippen MR) is 83.4 cm³/mol. The lowest BCUT2D eigenvalue weighted by Gasteiger charge is -2.37. The Morgan fingerprint density at radius 3 is 3.10 bits per heavy atom. The van der Waals surface area contributed by atoms with E-state index in [2.05, 4.69) is 15.2 Å². The van der Waals surface area contributed by atoms with Crippen LogP contribution in [-0.2, 0) is 11.3 Å². The highest BCUT2D eigenvalue weighted by molar-refractivity contribution is 6.31. The van der Waals surface area contributed by atoms with Gasteiger partial charge in [0, 0.05) is 45.2 Å². The Labute approximate surface area is 130 Å². The van der Waals surface area contributed by atoms with Crippen LogP contribution in [0.1, 0.15) is 25.5 Å². The van der Waals surface area contributed by atoms with E-state index in [4.69, 9.17) is 11.6 Å². The first-order valence-electron chi connectivity index (χ1n) is 7.58. The number of anilines is 1. The third-order valence-corrected chi connectivity index (χ3v) is 4.57. The number of piperazine rings is 1. The molecule has 3 heterocycles. The molecular weight excluding hydrogens is 288 g/mol. The van der Waals surface area contributed by atoms with E-state index >= 15 is 0 Å². The second-order valence-electron chi connectivity index (χ2n) is 5.67. The first-order chi connectivity index (χ1) is 10.2. The fourth-order valence-corrected chi connectivity index (χ4v) is 3.32. The summed E-state index contributed by atoms with van der Waals surface area (Å²) in [7, 11) is 0. The molecule has 21 heavy (non-hydrogen) atoms. The second-order valence-corrected chi connectivity index (χ2v) is 6.08. The summed E-state index contributed by atoms with van der Waals surface area (Å²) in [5.74, 6) is 1.18. The number of hydrogen-bond acceptors (Lipinski definition) is 4.